The highest BCUT2D eigenvalue weighted by atomic mass is 35.5. The first kappa shape index (κ1) is 16.3. The van der Waals surface area contributed by atoms with Crippen molar-refractivity contribution in [3.8, 4) is 11.5 Å². The number of hydrogen-bond acceptors (Lipinski definition) is 2. The largest absolute Gasteiger partial charge is 0.508 e. The van der Waals surface area contributed by atoms with Crippen LogP contribution in [0.5, 0.6) is 11.5 Å². The van der Waals surface area contributed by atoms with Crippen molar-refractivity contribution in [1.82, 2.24) is 0 Å². The molecule has 0 spiro atoms. The van der Waals surface area contributed by atoms with E-state index in [1.807, 2.05) is 6.92 Å². The average molecular weight is 340 g/mol. The second-order valence-corrected chi connectivity index (χ2v) is 5.20. The Morgan fingerprint density at radius 1 is 0.789 bits per heavy atom. The van der Waals surface area contributed by atoms with Crippen molar-refractivity contribution < 1.29 is 10.2 Å². The Morgan fingerprint density at radius 3 is 1.84 bits per heavy atom. The fourth-order valence-electron chi connectivity index (χ4n) is 1.14. The third kappa shape index (κ3) is 4.66. The van der Waals surface area contributed by atoms with E-state index >= 15 is 0 Å². The molecule has 0 amide bonds. The highest BCUT2D eigenvalue weighted by Gasteiger charge is 2.06. The molecule has 0 bridgehead atoms. The number of rotatable bonds is 0. The average Bonchev–Trinajstić information content (AvgIpc) is 2.37. The molecule has 0 unspecified atom stereocenters. The van der Waals surface area contributed by atoms with E-state index in [-0.39, 0.29) is 21.5 Å². The van der Waals surface area contributed by atoms with E-state index in [9.17, 15) is 0 Å². The predicted molar refractivity (Wildman–Crippen MR) is 81.0 cm³/mol. The van der Waals surface area contributed by atoms with Crippen molar-refractivity contribution in [3.05, 3.63) is 56.0 Å². The van der Waals surface area contributed by atoms with E-state index in [1.165, 1.54) is 12.1 Å². The molecule has 0 saturated heterocycles. The summed E-state index contributed by atoms with van der Waals surface area (Å²) in [6.45, 7) is 1.85. The van der Waals surface area contributed by atoms with E-state index in [0.717, 1.165) is 5.56 Å². The maximum atomic E-state index is 8.95. The first-order chi connectivity index (χ1) is 8.82. The lowest BCUT2D eigenvalue weighted by Gasteiger charge is -1.99. The van der Waals surface area contributed by atoms with Crippen molar-refractivity contribution in [3.63, 3.8) is 0 Å². The van der Waals surface area contributed by atoms with Gasteiger partial charge in [-0.1, -0.05) is 46.4 Å². The summed E-state index contributed by atoms with van der Waals surface area (Å²) >= 11 is 22.3. The topological polar surface area (TPSA) is 40.5 Å². The number of aryl methyl sites for hydroxylation is 1. The molecule has 2 rings (SSSR count). The molecular formula is C13H10Cl4O2. The zero-order chi connectivity index (χ0) is 14.6. The summed E-state index contributed by atoms with van der Waals surface area (Å²) < 4.78 is 0. The first-order valence-electron chi connectivity index (χ1n) is 5.10. The molecule has 6 heteroatoms. The number of benzene rings is 2. The number of phenols is 2. The highest BCUT2D eigenvalue weighted by Crippen LogP contribution is 2.35. The highest BCUT2D eigenvalue weighted by molar-refractivity contribution is 6.48. The van der Waals surface area contributed by atoms with Gasteiger partial charge in [-0.2, -0.15) is 0 Å². The third-order valence-electron chi connectivity index (χ3n) is 2.16. The van der Waals surface area contributed by atoms with Crippen LogP contribution in [0.3, 0.4) is 0 Å². The van der Waals surface area contributed by atoms with Gasteiger partial charge in [-0.25, -0.2) is 0 Å². The summed E-state index contributed by atoms with van der Waals surface area (Å²) in [5.41, 5.74) is 0.900. The molecule has 0 aliphatic rings. The molecule has 2 aromatic carbocycles. The van der Waals surface area contributed by atoms with Crippen molar-refractivity contribution in [1.29, 1.82) is 0 Å². The summed E-state index contributed by atoms with van der Waals surface area (Å²) in [7, 11) is 0. The van der Waals surface area contributed by atoms with Crippen LogP contribution < -0.4 is 0 Å². The number of halogens is 4. The molecule has 0 aliphatic carbocycles. The number of phenolic OH excluding ortho intramolecular Hbond substituents is 2. The molecule has 0 aliphatic heterocycles. The Kier molecular flexibility index (Phi) is 6.08. The van der Waals surface area contributed by atoms with Crippen molar-refractivity contribution in [2.75, 3.05) is 0 Å². The second-order valence-electron chi connectivity index (χ2n) is 3.63. The van der Waals surface area contributed by atoms with Crippen molar-refractivity contribution >= 4 is 46.4 Å². The molecule has 0 fully saturated rings. The van der Waals surface area contributed by atoms with Crippen LogP contribution >= 0.6 is 46.4 Å². The van der Waals surface area contributed by atoms with Gasteiger partial charge in [0.25, 0.3) is 0 Å². The van der Waals surface area contributed by atoms with E-state index in [1.54, 1.807) is 18.2 Å². The summed E-state index contributed by atoms with van der Waals surface area (Å²) in [6, 6.07) is 7.73. The van der Waals surface area contributed by atoms with Crippen LogP contribution in [0.1, 0.15) is 5.56 Å². The molecule has 2 N–H and O–H groups in total. The monoisotopic (exact) mass is 338 g/mol. The molecule has 0 heterocycles. The van der Waals surface area contributed by atoms with Gasteiger partial charge in [0.05, 0.1) is 10.0 Å². The van der Waals surface area contributed by atoms with Gasteiger partial charge < -0.3 is 10.2 Å². The van der Waals surface area contributed by atoms with Gasteiger partial charge in [0.15, 0.2) is 0 Å². The smallest absolute Gasteiger partial charge is 0.135 e. The van der Waals surface area contributed by atoms with Crippen molar-refractivity contribution in [2.45, 2.75) is 6.92 Å². The maximum absolute atomic E-state index is 8.95. The van der Waals surface area contributed by atoms with Crippen LogP contribution in [0.4, 0.5) is 0 Å². The second kappa shape index (κ2) is 7.11. The first-order valence-corrected chi connectivity index (χ1v) is 6.61. The van der Waals surface area contributed by atoms with Crippen LogP contribution in [-0.2, 0) is 0 Å². The van der Waals surface area contributed by atoms with Gasteiger partial charge in [-0.15, -0.1) is 0 Å². The number of hydrogen-bond donors (Lipinski definition) is 2. The minimum Gasteiger partial charge on any atom is -0.508 e. The van der Waals surface area contributed by atoms with Gasteiger partial charge in [0.2, 0.25) is 0 Å². The lowest BCUT2D eigenvalue weighted by molar-refractivity contribution is 0.474. The van der Waals surface area contributed by atoms with Crippen LogP contribution in [-0.4, -0.2) is 10.2 Å². The van der Waals surface area contributed by atoms with E-state index < -0.39 is 0 Å². The van der Waals surface area contributed by atoms with E-state index in [0.29, 0.717) is 10.0 Å². The lowest BCUT2D eigenvalue weighted by Crippen LogP contribution is -1.71. The minimum absolute atomic E-state index is 0.0592. The van der Waals surface area contributed by atoms with Gasteiger partial charge in [0.1, 0.15) is 16.5 Å². The van der Waals surface area contributed by atoms with Crippen molar-refractivity contribution in [2.24, 2.45) is 0 Å². The zero-order valence-corrected chi connectivity index (χ0v) is 12.8. The van der Waals surface area contributed by atoms with Gasteiger partial charge in [0, 0.05) is 5.02 Å². The SMILES string of the molecule is Cc1cc(O)ccc1Cl.Oc1ccc(Cl)c(Cl)c1Cl. The molecule has 0 radical (unpaired) electrons. The van der Waals surface area contributed by atoms with E-state index in [2.05, 4.69) is 0 Å². The summed E-state index contributed by atoms with van der Waals surface area (Å²) in [5, 5.41) is 19.1. The molecular weight excluding hydrogens is 330 g/mol. The molecule has 19 heavy (non-hydrogen) atoms. The Balaban J connectivity index is 0.000000191. The normalized spacial score (nSPS) is 9.74. The standard InChI is InChI=1S/C7H7ClO.C6H3Cl3O/c1-5-4-6(9)2-3-7(5)8;7-3-1-2-4(10)6(9)5(3)8/h2-4,9H,1H3;1-2,10H. The fraction of sp³-hybridized carbons (Fsp3) is 0.0769. The lowest BCUT2D eigenvalue weighted by atomic mass is 10.2. The summed E-state index contributed by atoms with van der Waals surface area (Å²) in [5.74, 6) is 0.202. The van der Waals surface area contributed by atoms with Gasteiger partial charge in [-0.3, -0.25) is 0 Å². The van der Waals surface area contributed by atoms with Crippen LogP contribution in [0.15, 0.2) is 30.3 Å². The molecule has 2 aromatic rings. The Bertz CT molecular complexity index is 558. The summed E-state index contributed by atoms with van der Waals surface area (Å²) in [6.07, 6.45) is 0. The molecule has 0 saturated carbocycles. The molecule has 0 aromatic heterocycles. The maximum Gasteiger partial charge on any atom is 0.135 e. The molecule has 102 valence electrons. The third-order valence-corrected chi connectivity index (χ3v) is 3.86. The van der Waals surface area contributed by atoms with E-state index in [4.69, 9.17) is 56.6 Å². The predicted octanol–water partition coefficient (Wildman–Crippen LogP) is 5.71. The Morgan fingerprint density at radius 2 is 1.37 bits per heavy atom. The molecule has 0 atom stereocenters. The Hall–Kier alpha value is -0.800. The van der Waals surface area contributed by atoms with Crippen LogP contribution in [0.2, 0.25) is 20.1 Å². The van der Waals surface area contributed by atoms with Gasteiger partial charge >= 0.3 is 0 Å². The Labute approximate surface area is 131 Å². The quantitative estimate of drug-likeness (QED) is 0.604. The zero-order valence-electron chi connectivity index (χ0n) is 9.79. The number of aromatic hydroxyl groups is 2. The van der Waals surface area contributed by atoms with Crippen LogP contribution in [0.25, 0.3) is 0 Å². The molecule has 2 nitrogen and oxygen atoms in total. The summed E-state index contributed by atoms with van der Waals surface area (Å²) in [4.78, 5) is 0. The van der Waals surface area contributed by atoms with Gasteiger partial charge in [-0.05, 0) is 42.8 Å². The van der Waals surface area contributed by atoms with Crippen LogP contribution in [0, 0.1) is 6.92 Å². The fourth-order valence-corrected chi connectivity index (χ4v) is 1.79. The minimum atomic E-state index is -0.0592.